The lowest BCUT2D eigenvalue weighted by molar-refractivity contribution is -0.124. The molecular weight excluding hydrogens is 390 g/mol. The van der Waals surface area contributed by atoms with Crippen LogP contribution in [0.3, 0.4) is 0 Å². The molecule has 1 saturated carbocycles. The van der Waals surface area contributed by atoms with Crippen molar-refractivity contribution >= 4 is 34.3 Å². The van der Waals surface area contributed by atoms with Gasteiger partial charge in [-0.2, -0.15) is 4.98 Å². The highest BCUT2D eigenvalue weighted by Crippen LogP contribution is 2.28. The molecule has 0 bridgehead atoms. The summed E-state index contributed by atoms with van der Waals surface area (Å²) in [5, 5.41) is 10.9. The van der Waals surface area contributed by atoms with Crippen LogP contribution in [0.1, 0.15) is 25.7 Å². The Balaban J connectivity index is 1.40. The van der Waals surface area contributed by atoms with Gasteiger partial charge in [0.25, 0.3) is 0 Å². The number of para-hydroxylation sites is 2. The minimum atomic E-state index is -0.0502. The molecule has 0 unspecified atom stereocenters. The number of carbonyl (C=O) groups excluding carboxylic acids is 1. The van der Waals surface area contributed by atoms with Gasteiger partial charge in [0.1, 0.15) is 12.4 Å². The van der Waals surface area contributed by atoms with Crippen molar-refractivity contribution in [1.29, 1.82) is 0 Å². The van der Waals surface area contributed by atoms with E-state index in [-0.39, 0.29) is 12.5 Å². The minimum Gasteiger partial charge on any atom is -0.375 e. The first kappa shape index (κ1) is 21.1. The molecule has 2 aromatic carbocycles. The molecule has 0 saturated heterocycles. The number of fused-ring (bicyclic) bond motifs is 1. The fourth-order valence-corrected chi connectivity index (χ4v) is 4.03. The number of aromatic nitrogens is 2. The van der Waals surface area contributed by atoms with Crippen molar-refractivity contribution in [3.8, 4) is 0 Å². The average Bonchev–Trinajstić information content (AvgIpc) is 2.80. The summed E-state index contributed by atoms with van der Waals surface area (Å²) in [6.07, 6.45) is 4.19. The maximum Gasteiger partial charge on any atom is 0.245 e. The standard InChI is InChI=1S/C24H29N5O2/c1-31-16-22(30)25-15-17-11-13-19(14-12-17)27-24-28-21-10-6-5-9-20(21)23(29-24)26-18-7-3-2-4-8-18/h2-10,17,19H,11-16H2,1H3,(H,25,30)(H2,26,27,28,29)/t17-,19-. The fourth-order valence-electron chi connectivity index (χ4n) is 4.03. The van der Waals surface area contributed by atoms with Crippen LogP contribution < -0.4 is 16.0 Å². The Morgan fingerprint density at radius 3 is 2.52 bits per heavy atom. The normalized spacial score (nSPS) is 18.5. The number of anilines is 3. The van der Waals surface area contributed by atoms with E-state index in [2.05, 4.69) is 16.0 Å². The third-order valence-corrected chi connectivity index (χ3v) is 5.68. The van der Waals surface area contributed by atoms with E-state index in [1.165, 1.54) is 7.11 Å². The van der Waals surface area contributed by atoms with E-state index in [9.17, 15) is 4.79 Å². The van der Waals surface area contributed by atoms with E-state index >= 15 is 0 Å². The molecule has 1 amide bonds. The van der Waals surface area contributed by atoms with Crippen molar-refractivity contribution in [2.75, 3.05) is 30.9 Å². The second-order valence-electron chi connectivity index (χ2n) is 8.00. The van der Waals surface area contributed by atoms with Gasteiger partial charge in [-0.05, 0) is 55.9 Å². The average molecular weight is 420 g/mol. The molecule has 3 N–H and O–H groups in total. The number of carbonyl (C=O) groups is 1. The first-order valence-electron chi connectivity index (χ1n) is 10.8. The summed E-state index contributed by atoms with van der Waals surface area (Å²) in [4.78, 5) is 21.1. The Hall–Kier alpha value is -3.19. The first-order chi connectivity index (χ1) is 15.2. The SMILES string of the molecule is COCC(=O)NC[C@H]1CC[C@H](Nc2nc(Nc3ccccc3)c3ccccc3n2)CC1. The van der Waals surface area contributed by atoms with E-state index in [0.717, 1.165) is 48.1 Å². The molecule has 0 aliphatic heterocycles. The van der Waals surface area contributed by atoms with Crippen molar-refractivity contribution in [3.05, 3.63) is 54.6 Å². The molecule has 4 rings (SSSR count). The van der Waals surface area contributed by atoms with Gasteiger partial charge in [0.2, 0.25) is 11.9 Å². The zero-order valence-electron chi connectivity index (χ0n) is 17.8. The lowest BCUT2D eigenvalue weighted by Gasteiger charge is -2.29. The molecule has 3 aromatic rings. The van der Waals surface area contributed by atoms with Gasteiger partial charge in [0.05, 0.1) is 5.52 Å². The highest BCUT2D eigenvalue weighted by molar-refractivity contribution is 5.91. The molecule has 1 heterocycles. The van der Waals surface area contributed by atoms with Crippen molar-refractivity contribution in [2.24, 2.45) is 5.92 Å². The molecule has 1 aliphatic carbocycles. The Morgan fingerprint density at radius 2 is 1.74 bits per heavy atom. The van der Waals surface area contributed by atoms with E-state index in [1.807, 2.05) is 54.6 Å². The maximum absolute atomic E-state index is 11.6. The van der Waals surface area contributed by atoms with Gasteiger partial charge in [0.15, 0.2) is 0 Å². The zero-order valence-corrected chi connectivity index (χ0v) is 17.8. The van der Waals surface area contributed by atoms with Gasteiger partial charge in [-0.25, -0.2) is 4.98 Å². The monoisotopic (exact) mass is 419 g/mol. The molecule has 0 atom stereocenters. The fraction of sp³-hybridized carbons (Fsp3) is 0.375. The summed E-state index contributed by atoms with van der Waals surface area (Å²) >= 11 is 0. The number of amides is 1. The van der Waals surface area contributed by atoms with Crippen LogP contribution in [0.2, 0.25) is 0 Å². The van der Waals surface area contributed by atoms with Crippen LogP contribution >= 0.6 is 0 Å². The number of rotatable bonds is 8. The summed E-state index contributed by atoms with van der Waals surface area (Å²) in [6, 6.07) is 18.4. The summed E-state index contributed by atoms with van der Waals surface area (Å²) < 4.78 is 4.86. The molecular formula is C24H29N5O2. The number of hydrogen-bond acceptors (Lipinski definition) is 6. The van der Waals surface area contributed by atoms with Crippen molar-refractivity contribution in [3.63, 3.8) is 0 Å². The predicted octanol–water partition coefficient (Wildman–Crippen LogP) is 4.11. The van der Waals surface area contributed by atoms with Crippen molar-refractivity contribution < 1.29 is 9.53 Å². The van der Waals surface area contributed by atoms with Gasteiger partial charge in [0, 0.05) is 30.8 Å². The number of benzene rings is 2. The van der Waals surface area contributed by atoms with Crippen LogP contribution in [0, 0.1) is 5.92 Å². The second kappa shape index (κ2) is 10.2. The first-order valence-corrected chi connectivity index (χ1v) is 10.8. The number of ether oxygens (including phenoxy) is 1. The Labute approximate surface area is 182 Å². The quantitative estimate of drug-likeness (QED) is 0.509. The van der Waals surface area contributed by atoms with Gasteiger partial charge in [-0.1, -0.05) is 30.3 Å². The van der Waals surface area contributed by atoms with Crippen molar-refractivity contribution in [1.82, 2.24) is 15.3 Å². The molecule has 1 aromatic heterocycles. The highest BCUT2D eigenvalue weighted by atomic mass is 16.5. The minimum absolute atomic E-state index is 0.0502. The second-order valence-corrected chi connectivity index (χ2v) is 8.00. The van der Waals surface area contributed by atoms with Gasteiger partial charge in [-0.15, -0.1) is 0 Å². The van der Waals surface area contributed by atoms with Crippen LogP contribution in [0.15, 0.2) is 54.6 Å². The van der Waals surface area contributed by atoms with Crippen LogP contribution in [0.5, 0.6) is 0 Å². The molecule has 7 nitrogen and oxygen atoms in total. The lowest BCUT2D eigenvalue weighted by atomic mass is 9.86. The van der Waals surface area contributed by atoms with E-state index < -0.39 is 0 Å². The van der Waals surface area contributed by atoms with E-state index in [4.69, 9.17) is 14.7 Å². The highest BCUT2D eigenvalue weighted by Gasteiger charge is 2.22. The molecule has 162 valence electrons. The summed E-state index contributed by atoms with van der Waals surface area (Å²) in [5.41, 5.74) is 1.90. The van der Waals surface area contributed by atoms with Crippen LogP contribution in [-0.4, -0.2) is 42.2 Å². The molecule has 1 aliphatic rings. The third-order valence-electron chi connectivity index (χ3n) is 5.68. The third kappa shape index (κ3) is 5.70. The summed E-state index contributed by atoms with van der Waals surface area (Å²) in [5.74, 6) is 1.90. The van der Waals surface area contributed by atoms with Crippen molar-refractivity contribution in [2.45, 2.75) is 31.7 Å². The number of hydrogen-bond donors (Lipinski definition) is 3. The Bertz CT molecular complexity index is 1000. The molecule has 31 heavy (non-hydrogen) atoms. The lowest BCUT2D eigenvalue weighted by Crippen LogP contribution is -2.35. The van der Waals surface area contributed by atoms with E-state index in [0.29, 0.717) is 24.5 Å². The smallest absolute Gasteiger partial charge is 0.245 e. The predicted molar refractivity (Wildman–Crippen MR) is 124 cm³/mol. The number of nitrogens with one attached hydrogen (secondary N) is 3. The number of nitrogens with zero attached hydrogens (tertiary/aromatic N) is 2. The van der Waals surface area contributed by atoms with Gasteiger partial charge in [-0.3, -0.25) is 4.79 Å². The maximum atomic E-state index is 11.6. The van der Waals surface area contributed by atoms with Crippen LogP contribution in [0.25, 0.3) is 10.9 Å². The Kier molecular flexibility index (Phi) is 6.94. The summed E-state index contributed by atoms with van der Waals surface area (Å²) in [7, 11) is 1.53. The largest absolute Gasteiger partial charge is 0.375 e. The molecule has 7 heteroatoms. The Morgan fingerprint density at radius 1 is 1.00 bits per heavy atom. The van der Waals surface area contributed by atoms with Gasteiger partial charge < -0.3 is 20.7 Å². The molecule has 0 radical (unpaired) electrons. The topological polar surface area (TPSA) is 88.2 Å². The van der Waals surface area contributed by atoms with E-state index in [1.54, 1.807) is 0 Å². The van der Waals surface area contributed by atoms with Crippen LogP contribution in [-0.2, 0) is 9.53 Å². The molecule has 0 spiro atoms. The zero-order chi connectivity index (χ0) is 21.5. The number of methoxy groups -OCH3 is 1. The summed E-state index contributed by atoms with van der Waals surface area (Å²) in [6.45, 7) is 0.835. The van der Waals surface area contributed by atoms with Crippen LogP contribution in [0.4, 0.5) is 17.5 Å². The van der Waals surface area contributed by atoms with Gasteiger partial charge >= 0.3 is 0 Å². The molecule has 1 fully saturated rings.